The summed E-state index contributed by atoms with van der Waals surface area (Å²) in [5.41, 5.74) is 1.66. The van der Waals surface area contributed by atoms with E-state index in [4.69, 9.17) is 14.2 Å². The SMILES string of the molecule is CCCCCCCc1c(O)c(OC(=O)O)c(OCC)c(OCC)c1CCCCCCC. The highest BCUT2D eigenvalue weighted by Gasteiger charge is 2.28. The van der Waals surface area contributed by atoms with Crippen LogP contribution >= 0.6 is 0 Å². The molecule has 0 saturated heterocycles. The molecule has 6 heteroatoms. The first kappa shape index (κ1) is 26.9. The number of carbonyl (C=O) groups is 1. The van der Waals surface area contributed by atoms with Gasteiger partial charge in [-0.2, -0.15) is 0 Å². The lowest BCUT2D eigenvalue weighted by Crippen LogP contribution is -2.11. The number of carboxylic acid groups (broad SMARTS) is 1. The van der Waals surface area contributed by atoms with Gasteiger partial charge in [-0.05, 0) is 39.5 Å². The minimum absolute atomic E-state index is 0.131. The van der Waals surface area contributed by atoms with E-state index in [9.17, 15) is 15.0 Å². The van der Waals surface area contributed by atoms with E-state index in [1.165, 1.54) is 32.1 Å². The fourth-order valence-electron chi connectivity index (χ4n) is 3.86. The second-order valence-corrected chi connectivity index (χ2v) is 7.86. The molecule has 0 radical (unpaired) electrons. The molecule has 31 heavy (non-hydrogen) atoms. The molecule has 0 spiro atoms. The van der Waals surface area contributed by atoms with Crippen LogP contribution in [0.3, 0.4) is 0 Å². The Hall–Kier alpha value is -2.11. The highest BCUT2D eigenvalue weighted by molar-refractivity contribution is 5.72. The summed E-state index contributed by atoms with van der Waals surface area (Å²) in [4.78, 5) is 11.3. The smallest absolute Gasteiger partial charge is 0.504 e. The topological polar surface area (TPSA) is 85.2 Å². The third-order valence-corrected chi connectivity index (χ3v) is 5.38. The Balaban J connectivity index is 3.36. The standard InChI is InChI=1S/C25H42O6/c1-5-9-11-13-15-17-19-20(18-16-14-12-10-6-2)22(29-7-3)24(30-8-4)23(21(19)26)31-25(27)28/h26H,5-18H2,1-4H3,(H,27,28). The Morgan fingerprint density at radius 2 is 1.16 bits per heavy atom. The van der Waals surface area contributed by atoms with Crippen LogP contribution in [0.1, 0.15) is 103 Å². The van der Waals surface area contributed by atoms with Crippen molar-refractivity contribution in [2.75, 3.05) is 13.2 Å². The monoisotopic (exact) mass is 438 g/mol. The summed E-state index contributed by atoms with van der Waals surface area (Å²) in [7, 11) is 0. The molecule has 1 rings (SSSR count). The van der Waals surface area contributed by atoms with E-state index < -0.39 is 6.16 Å². The number of hydrogen-bond donors (Lipinski definition) is 2. The number of ether oxygens (including phenoxy) is 3. The van der Waals surface area contributed by atoms with Crippen molar-refractivity contribution in [2.45, 2.75) is 105 Å². The summed E-state index contributed by atoms with van der Waals surface area (Å²) in [6.07, 6.45) is 11.1. The molecule has 0 atom stereocenters. The molecular weight excluding hydrogens is 396 g/mol. The molecule has 0 aliphatic rings. The highest BCUT2D eigenvalue weighted by atomic mass is 16.7. The highest BCUT2D eigenvalue weighted by Crippen LogP contribution is 2.50. The minimum atomic E-state index is -1.49. The van der Waals surface area contributed by atoms with Crippen molar-refractivity contribution in [3.63, 3.8) is 0 Å². The van der Waals surface area contributed by atoms with E-state index in [-0.39, 0.29) is 17.2 Å². The van der Waals surface area contributed by atoms with Gasteiger partial charge >= 0.3 is 6.16 Å². The van der Waals surface area contributed by atoms with E-state index in [2.05, 4.69) is 13.8 Å². The van der Waals surface area contributed by atoms with Crippen LogP contribution in [0.5, 0.6) is 23.0 Å². The zero-order chi connectivity index (χ0) is 23.1. The Labute approximate surface area is 187 Å². The summed E-state index contributed by atoms with van der Waals surface area (Å²) in [5, 5.41) is 20.3. The second kappa shape index (κ2) is 15.7. The molecule has 0 amide bonds. The number of hydrogen-bond acceptors (Lipinski definition) is 5. The number of phenolic OH excluding ortho intramolecular Hbond substituents is 1. The maximum Gasteiger partial charge on any atom is 0.511 e. The van der Waals surface area contributed by atoms with Crippen LogP contribution in [-0.4, -0.2) is 29.6 Å². The summed E-state index contributed by atoms with van der Waals surface area (Å²) < 4.78 is 16.7. The molecule has 0 fully saturated rings. The molecule has 178 valence electrons. The summed E-state index contributed by atoms with van der Waals surface area (Å²) in [6, 6.07) is 0. The first-order valence-corrected chi connectivity index (χ1v) is 12.1. The van der Waals surface area contributed by atoms with Gasteiger partial charge in [0.2, 0.25) is 11.5 Å². The Kier molecular flexibility index (Phi) is 13.6. The minimum Gasteiger partial charge on any atom is -0.504 e. The van der Waals surface area contributed by atoms with Gasteiger partial charge in [0.25, 0.3) is 0 Å². The third-order valence-electron chi connectivity index (χ3n) is 5.38. The number of phenols is 1. The van der Waals surface area contributed by atoms with Gasteiger partial charge in [-0.3, -0.25) is 0 Å². The number of unbranched alkanes of at least 4 members (excludes halogenated alkanes) is 8. The van der Waals surface area contributed by atoms with E-state index in [1.54, 1.807) is 0 Å². The van der Waals surface area contributed by atoms with Gasteiger partial charge in [0.1, 0.15) is 0 Å². The first-order chi connectivity index (χ1) is 15.0. The van der Waals surface area contributed by atoms with Gasteiger partial charge in [-0.15, -0.1) is 0 Å². The maximum absolute atomic E-state index is 11.3. The van der Waals surface area contributed by atoms with E-state index in [0.29, 0.717) is 25.4 Å². The van der Waals surface area contributed by atoms with Crippen LogP contribution < -0.4 is 14.2 Å². The predicted octanol–water partition coefficient (Wildman–Crippen LogP) is 7.27. The molecule has 6 nitrogen and oxygen atoms in total. The van der Waals surface area contributed by atoms with Crippen molar-refractivity contribution >= 4 is 6.16 Å². The largest absolute Gasteiger partial charge is 0.511 e. The molecule has 1 aromatic carbocycles. The van der Waals surface area contributed by atoms with Gasteiger partial charge in [-0.25, -0.2) is 4.79 Å². The van der Waals surface area contributed by atoms with Crippen molar-refractivity contribution < 1.29 is 29.2 Å². The molecule has 0 heterocycles. The number of benzene rings is 1. The Bertz CT molecular complexity index is 656. The third kappa shape index (κ3) is 8.88. The van der Waals surface area contributed by atoms with Gasteiger partial charge in [0.15, 0.2) is 11.5 Å². The molecule has 1 aromatic rings. The normalized spacial score (nSPS) is 10.8. The van der Waals surface area contributed by atoms with Crippen molar-refractivity contribution in [1.82, 2.24) is 0 Å². The average molecular weight is 439 g/mol. The van der Waals surface area contributed by atoms with E-state index in [0.717, 1.165) is 49.7 Å². The van der Waals surface area contributed by atoms with Crippen molar-refractivity contribution in [3.8, 4) is 23.0 Å². The molecule has 0 aliphatic carbocycles. The zero-order valence-corrected chi connectivity index (χ0v) is 19.9. The fourth-order valence-corrected chi connectivity index (χ4v) is 3.86. The molecule has 0 aromatic heterocycles. The van der Waals surface area contributed by atoms with Crippen LogP contribution in [0.2, 0.25) is 0 Å². The van der Waals surface area contributed by atoms with Gasteiger partial charge < -0.3 is 24.4 Å². The average Bonchev–Trinajstić information content (AvgIpc) is 2.74. The predicted molar refractivity (Wildman–Crippen MR) is 124 cm³/mol. The maximum atomic E-state index is 11.3. The molecule has 2 N–H and O–H groups in total. The molecular formula is C25H42O6. The molecule has 0 unspecified atom stereocenters. The van der Waals surface area contributed by atoms with Gasteiger partial charge in [0.05, 0.1) is 13.2 Å². The van der Waals surface area contributed by atoms with Crippen LogP contribution in [0, 0.1) is 0 Å². The van der Waals surface area contributed by atoms with Gasteiger partial charge in [0, 0.05) is 11.1 Å². The number of aromatic hydroxyl groups is 1. The summed E-state index contributed by atoms with van der Waals surface area (Å²) in [6.45, 7) is 8.79. The second-order valence-electron chi connectivity index (χ2n) is 7.86. The number of rotatable bonds is 17. The van der Waals surface area contributed by atoms with Crippen molar-refractivity contribution in [3.05, 3.63) is 11.1 Å². The Morgan fingerprint density at radius 1 is 0.677 bits per heavy atom. The lowest BCUT2D eigenvalue weighted by atomic mass is 9.93. The van der Waals surface area contributed by atoms with Crippen LogP contribution in [0.25, 0.3) is 0 Å². The Morgan fingerprint density at radius 3 is 1.65 bits per heavy atom. The van der Waals surface area contributed by atoms with Gasteiger partial charge in [-0.1, -0.05) is 65.2 Å². The zero-order valence-electron chi connectivity index (χ0n) is 19.9. The molecule has 0 aliphatic heterocycles. The van der Waals surface area contributed by atoms with Crippen molar-refractivity contribution in [1.29, 1.82) is 0 Å². The lowest BCUT2D eigenvalue weighted by Gasteiger charge is -2.23. The summed E-state index contributed by atoms with van der Waals surface area (Å²) in [5.74, 6) is 0.407. The quantitative estimate of drug-likeness (QED) is 0.151. The molecule has 0 saturated carbocycles. The van der Waals surface area contributed by atoms with Crippen molar-refractivity contribution in [2.24, 2.45) is 0 Å². The van der Waals surface area contributed by atoms with E-state index in [1.807, 2.05) is 13.8 Å². The molecule has 0 bridgehead atoms. The first-order valence-electron chi connectivity index (χ1n) is 12.1. The van der Waals surface area contributed by atoms with E-state index >= 15 is 0 Å². The van der Waals surface area contributed by atoms with Crippen LogP contribution in [0.4, 0.5) is 4.79 Å². The fraction of sp³-hybridized carbons (Fsp3) is 0.720. The van der Waals surface area contributed by atoms with Crippen LogP contribution in [-0.2, 0) is 12.8 Å². The lowest BCUT2D eigenvalue weighted by molar-refractivity contribution is 0.139. The summed E-state index contributed by atoms with van der Waals surface area (Å²) >= 11 is 0. The van der Waals surface area contributed by atoms with Crippen LogP contribution in [0.15, 0.2) is 0 Å².